The Kier molecular flexibility index (Phi) is 5.57. The van der Waals surface area contributed by atoms with Crippen molar-refractivity contribution in [3.8, 4) is 0 Å². The van der Waals surface area contributed by atoms with E-state index in [0.29, 0.717) is 6.61 Å². The summed E-state index contributed by atoms with van der Waals surface area (Å²) >= 11 is 0. The molecule has 1 aromatic carbocycles. The first kappa shape index (κ1) is 16.2. The second kappa shape index (κ2) is 6.53. The second-order valence-corrected chi connectivity index (χ2v) is 12.6. The lowest BCUT2D eigenvalue weighted by Crippen LogP contribution is -2.39. The summed E-state index contributed by atoms with van der Waals surface area (Å²) in [5.41, 5.74) is 1.73. The molecule has 0 amide bonds. The van der Waals surface area contributed by atoms with Crippen LogP contribution in [0.15, 0.2) is 42.5 Å². The predicted octanol–water partition coefficient (Wildman–Crippen LogP) is 5.05. The molecule has 1 nitrogen and oxygen atoms in total. The smallest absolute Gasteiger partial charge is 0.0834 e. The summed E-state index contributed by atoms with van der Waals surface area (Å²) in [5.74, 6) is 0. The highest BCUT2D eigenvalue weighted by Gasteiger charge is 2.25. The fourth-order valence-corrected chi connectivity index (χ4v) is 2.99. The summed E-state index contributed by atoms with van der Waals surface area (Å²) in [4.78, 5) is 0. The summed E-state index contributed by atoms with van der Waals surface area (Å²) in [6.07, 6.45) is 4.55. The van der Waals surface area contributed by atoms with Crippen molar-refractivity contribution in [2.75, 3.05) is 0 Å². The Morgan fingerprint density at radius 1 is 1.11 bits per heavy atom. The Morgan fingerprint density at radius 2 is 1.68 bits per heavy atom. The van der Waals surface area contributed by atoms with E-state index in [9.17, 15) is 0 Å². The maximum absolute atomic E-state index is 6.16. The van der Waals surface area contributed by atoms with Crippen LogP contribution in [-0.2, 0) is 11.3 Å². The molecule has 0 heterocycles. The van der Waals surface area contributed by atoms with Crippen LogP contribution in [0.1, 0.15) is 26.3 Å². The highest BCUT2D eigenvalue weighted by atomic mass is 28.3. The zero-order chi connectivity index (χ0) is 14.5. The molecule has 0 saturated carbocycles. The molecule has 0 aliphatic heterocycles. The van der Waals surface area contributed by atoms with Crippen LogP contribution in [-0.4, -0.2) is 13.8 Å². The molecule has 0 spiro atoms. The lowest BCUT2D eigenvalue weighted by atomic mass is 9.96. The molecule has 1 unspecified atom stereocenters. The Labute approximate surface area is 119 Å². The second-order valence-electron chi connectivity index (χ2n) is 7.31. The van der Waals surface area contributed by atoms with Crippen LogP contribution in [0.4, 0.5) is 0 Å². The average molecular weight is 276 g/mol. The molecule has 0 bridgehead atoms. The van der Waals surface area contributed by atoms with Gasteiger partial charge in [0.05, 0.1) is 20.4 Å². The molecule has 0 aromatic heterocycles. The molecule has 0 saturated heterocycles. The van der Waals surface area contributed by atoms with Crippen LogP contribution >= 0.6 is 0 Å². The van der Waals surface area contributed by atoms with Crippen LogP contribution in [0.2, 0.25) is 19.6 Å². The van der Waals surface area contributed by atoms with E-state index in [1.807, 2.05) is 6.07 Å². The summed E-state index contributed by atoms with van der Waals surface area (Å²) in [7, 11) is -1.35. The molecule has 1 atom stereocenters. The highest BCUT2D eigenvalue weighted by Crippen LogP contribution is 2.20. The third-order valence-electron chi connectivity index (χ3n) is 2.90. The Hall–Kier alpha value is -0.863. The number of ether oxygens (including phenoxy) is 1. The van der Waals surface area contributed by atoms with Crippen LogP contribution in [0.5, 0.6) is 0 Å². The SMILES string of the molecule is CC(C)(C)/C=C/C(OCc1ccccc1)[Si](C)(C)C. The number of benzene rings is 1. The molecule has 106 valence electrons. The summed E-state index contributed by atoms with van der Waals surface area (Å²) < 4.78 is 6.16. The van der Waals surface area contributed by atoms with Crippen molar-refractivity contribution >= 4 is 8.07 Å². The van der Waals surface area contributed by atoms with E-state index < -0.39 is 8.07 Å². The van der Waals surface area contributed by atoms with Gasteiger partial charge in [-0.05, 0) is 11.0 Å². The molecule has 2 heteroatoms. The van der Waals surface area contributed by atoms with Gasteiger partial charge in [-0.2, -0.15) is 0 Å². The van der Waals surface area contributed by atoms with Gasteiger partial charge in [-0.1, -0.05) is 82.9 Å². The first-order valence-corrected chi connectivity index (χ1v) is 10.6. The van der Waals surface area contributed by atoms with Gasteiger partial charge in [0.15, 0.2) is 0 Å². The van der Waals surface area contributed by atoms with Crippen molar-refractivity contribution in [1.82, 2.24) is 0 Å². The first-order valence-electron chi connectivity index (χ1n) is 7.03. The Balaban J connectivity index is 2.69. The van der Waals surface area contributed by atoms with Crippen molar-refractivity contribution in [2.24, 2.45) is 5.41 Å². The normalized spacial score (nSPS) is 14.8. The number of hydrogen-bond acceptors (Lipinski definition) is 1. The topological polar surface area (TPSA) is 9.23 Å². The molecule has 19 heavy (non-hydrogen) atoms. The lowest BCUT2D eigenvalue weighted by Gasteiger charge is -2.27. The molecular weight excluding hydrogens is 248 g/mol. The summed E-state index contributed by atoms with van der Waals surface area (Å²) in [6, 6.07) is 10.4. The van der Waals surface area contributed by atoms with Crippen LogP contribution in [0, 0.1) is 5.41 Å². The minimum absolute atomic E-state index is 0.216. The molecule has 0 fully saturated rings. The molecular formula is C17H28OSi. The standard InChI is InChI=1S/C17H28OSi/c1-17(2,3)13-12-16(19(4,5)6)18-14-15-10-8-7-9-11-15/h7-13,16H,14H2,1-6H3/b13-12+. The predicted molar refractivity (Wildman–Crippen MR) is 87.0 cm³/mol. The monoisotopic (exact) mass is 276 g/mol. The van der Waals surface area contributed by atoms with Crippen LogP contribution < -0.4 is 0 Å². The lowest BCUT2D eigenvalue weighted by molar-refractivity contribution is 0.114. The highest BCUT2D eigenvalue weighted by molar-refractivity contribution is 6.77. The van der Waals surface area contributed by atoms with Gasteiger partial charge in [-0.3, -0.25) is 0 Å². The maximum Gasteiger partial charge on any atom is 0.0834 e. The zero-order valence-corrected chi connectivity index (χ0v) is 14.2. The van der Waals surface area contributed by atoms with Gasteiger partial charge in [0, 0.05) is 0 Å². The molecule has 1 rings (SSSR count). The third kappa shape index (κ3) is 6.74. The summed E-state index contributed by atoms with van der Waals surface area (Å²) in [6.45, 7) is 14.4. The van der Waals surface area contributed by atoms with E-state index in [4.69, 9.17) is 4.74 Å². The van der Waals surface area contributed by atoms with E-state index in [1.165, 1.54) is 5.56 Å². The number of rotatable bonds is 5. The average Bonchev–Trinajstić information content (AvgIpc) is 2.27. The summed E-state index contributed by atoms with van der Waals surface area (Å²) in [5, 5.41) is 0. The van der Waals surface area contributed by atoms with Gasteiger partial charge in [0.25, 0.3) is 0 Å². The van der Waals surface area contributed by atoms with Crippen molar-refractivity contribution < 1.29 is 4.74 Å². The molecule has 0 N–H and O–H groups in total. The minimum Gasteiger partial charge on any atom is -0.373 e. The molecule has 1 aromatic rings. The van der Waals surface area contributed by atoms with E-state index in [0.717, 1.165) is 0 Å². The van der Waals surface area contributed by atoms with Crippen molar-refractivity contribution in [2.45, 2.75) is 52.7 Å². The van der Waals surface area contributed by atoms with Crippen molar-refractivity contribution in [3.05, 3.63) is 48.0 Å². The molecule has 0 radical (unpaired) electrons. The largest absolute Gasteiger partial charge is 0.373 e. The maximum atomic E-state index is 6.16. The minimum atomic E-state index is -1.35. The molecule has 0 aliphatic rings. The quantitative estimate of drug-likeness (QED) is 0.540. The fraction of sp³-hybridized carbons (Fsp3) is 0.529. The third-order valence-corrected chi connectivity index (χ3v) is 4.96. The number of hydrogen-bond donors (Lipinski definition) is 0. The Morgan fingerprint density at radius 3 is 2.16 bits per heavy atom. The van der Waals surface area contributed by atoms with Gasteiger partial charge in [0.1, 0.15) is 0 Å². The first-order chi connectivity index (χ1) is 8.68. The Bertz CT molecular complexity index is 396. The zero-order valence-electron chi connectivity index (χ0n) is 13.2. The van der Waals surface area contributed by atoms with Gasteiger partial charge in [0.2, 0.25) is 0 Å². The van der Waals surface area contributed by atoms with Gasteiger partial charge in [-0.15, -0.1) is 0 Å². The van der Waals surface area contributed by atoms with E-state index in [-0.39, 0.29) is 11.1 Å². The van der Waals surface area contributed by atoms with E-state index in [1.54, 1.807) is 0 Å². The fourth-order valence-electron chi connectivity index (χ4n) is 1.73. The van der Waals surface area contributed by atoms with E-state index >= 15 is 0 Å². The van der Waals surface area contributed by atoms with Gasteiger partial charge < -0.3 is 4.74 Å². The number of allylic oxidation sites excluding steroid dienone is 1. The molecule has 0 aliphatic carbocycles. The van der Waals surface area contributed by atoms with E-state index in [2.05, 4.69) is 76.8 Å². The van der Waals surface area contributed by atoms with Gasteiger partial charge in [-0.25, -0.2) is 0 Å². The van der Waals surface area contributed by atoms with Gasteiger partial charge >= 0.3 is 0 Å². The van der Waals surface area contributed by atoms with Crippen molar-refractivity contribution in [3.63, 3.8) is 0 Å². The van der Waals surface area contributed by atoms with Crippen LogP contribution in [0.3, 0.4) is 0 Å². The van der Waals surface area contributed by atoms with Crippen molar-refractivity contribution in [1.29, 1.82) is 0 Å². The van der Waals surface area contributed by atoms with Crippen LogP contribution in [0.25, 0.3) is 0 Å².